The van der Waals surface area contributed by atoms with Gasteiger partial charge in [0.1, 0.15) is 0 Å². The quantitative estimate of drug-likeness (QED) is 0.836. The lowest BCUT2D eigenvalue weighted by Crippen LogP contribution is -2.25. The minimum absolute atomic E-state index is 0.342. The highest BCUT2D eigenvalue weighted by atomic mass is 19.3. The second-order valence-corrected chi connectivity index (χ2v) is 3.78. The van der Waals surface area contributed by atoms with Crippen LogP contribution in [0.3, 0.4) is 0 Å². The van der Waals surface area contributed by atoms with Gasteiger partial charge in [-0.1, -0.05) is 18.2 Å². The maximum absolute atomic E-state index is 13.1. The molecule has 2 nitrogen and oxygen atoms in total. The van der Waals surface area contributed by atoms with Gasteiger partial charge in [0.25, 0.3) is 0 Å². The number of carbonyl (C=O) groups is 1. The van der Waals surface area contributed by atoms with Crippen molar-refractivity contribution in [2.45, 2.75) is 24.7 Å². The largest absolute Gasteiger partial charge is 0.477 e. The van der Waals surface area contributed by atoms with Crippen LogP contribution in [0, 0.1) is 0 Å². The van der Waals surface area contributed by atoms with Gasteiger partial charge in [0.15, 0.2) is 0 Å². The fourth-order valence-corrected chi connectivity index (χ4v) is 1.53. The number of alkyl halides is 2. The Labute approximate surface area is 85.5 Å². The molecular weight excluding hydrogens is 202 g/mol. The second kappa shape index (κ2) is 3.29. The van der Waals surface area contributed by atoms with Gasteiger partial charge in [0, 0.05) is 5.56 Å². The summed E-state index contributed by atoms with van der Waals surface area (Å²) in [5, 5.41) is 8.39. The van der Waals surface area contributed by atoms with Gasteiger partial charge in [-0.05, 0) is 30.4 Å². The molecule has 0 bridgehead atoms. The first kappa shape index (κ1) is 10.1. The second-order valence-electron chi connectivity index (χ2n) is 3.78. The van der Waals surface area contributed by atoms with E-state index in [1.54, 1.807) is 6.07 Å². The molecule has 0 aliphatic heterocycles. The molecule has 1 aromatic rings. The molecule has 1 saturated carbocycles. The third-order valence-electron chi connectivity index (χ3n) is 2.57. The molecule has 0 saturated heterocycles. The Morgan fingerprint density at radius 3 is 2.60 bits per heavy atom. The zero-order chi connectivity index (χ0) is 11.1. The van der Waals surface area contributed by atoms with Crippen molar-refractivity contribution in [3.05, 3.63) is 35.4 Å². The van der Waals surface area contributed by atoms with Crippen LogP contribution in [-0.4, -0.2) is 11.1 Å². The Balaban J connectivity index is 2.35. The van der Waals surface area contributed by atoms with Crippen molar-refractivity contribution in [2.24, 2.45) is 0 Å². The van der Waals surface area contributed by atoms with Gasteiger partial charge in [0.2, 0.25) is 0 Å². The lowest BCUT2D eigenvalue weighted by Gasteiger charge is -2.12. The molecule has 0 atom stereocenters. The number of carboxylic acids is 1. The van der Waals surface area contributed by atoms with E-state index in [9.17, 15) is 13.6 Å². The van der Waals surface area contributed by atoms with Crippen LogP contribution in [0.15, 0.2) is 24.3 Å². The van der Waals surface area contributed by atoms with E-state index >= 15 is 0 Å². The molecule has 80 valence electrons. The normalized spacial score (nSPS) is 16.4. The summed E-state index contributed by atoms with van der Waals surface area (Å²) < 4.78 is 26.3. The molecule has 1 aliphatic carbocycles. The van der Waals surface area contributed by atoms with E-state index in [4.69, 9.17) is 5.11 Å². The molecule has 1 aromatic carbocycles. The van der Waals surface area contributed by atoms with Gasteiger partial charge in [-0.2, -0.15) is 8.78 Å². The van der Waals surface area contributed by atoms with Crippen molar-refractivity contribution in [3.8, 4) is 0 Å². The highest BCUT2D eigenvalue weighted by molar-refractivity contribution is 5.77. The highest BCUT2D eigenvalue weighted by Crippen LogP contribution is 2.41. The van der Waals surface area contributed by atoms with Crippen LogP contribution in [0.2, 0.25) is 0 Å². The number of hydrogen-bond acceptors (Lipinski definition) is 1. The van der Waals surface area contributed by atoms with Crippen LogP contribution >= 0.6 is 0 Å². The number of carboxylic acid groups (broad SMARTS) is 1. The lowest BCUT2D eigenvalue weighted by molar-refractivity contribution is -0.166. The molecule has 1 fully saturated rings. The van der Waals surface area contributed by atoms with Crippen LogP contribution < -0.4 is 0 Å². The Bertz CT molecular complexity index is 397. The topological polar surface area (TPSA) is 37.3 Å². The molecule has 0 radical (unpaired) electrons. The number of benzene rings is 1. The Morgan fingerprint density at radius 1 is 1.40 bits per heavy atom. The highest BCUT2D eigenvalue weighted by Gasteiger charge is 2.41. The van der Waals surface area contributed by atoms with E-state index in [0.29, 0.717) is 5.92 Å². The Hall–Kier alpha value is -1.45. The number of halogens is 2. The molecule has 15 heavy (non-hydrogen) atoms. The molecule has 1 N–H and O–H groups in total. The summed E-state index contributed by atoms with van der Waals surface area (Å²) in [6.45, 7) is 0. The molecule has 0 unspecified atom stereocenters. The fraction of sp³-hybridized carbons (Fsp3) is 0.364. The first-order valence-electron chi connectivity index (χ1n) is 4.73. The first-order valence-corrected chi connectivity index (χ1v) is 4.73. The molecule has 0 spiro atoms. The molecule has 0 aromatic heterocycles. The fourth-order valence-electron chi connectivity index (χ4n) is 1.53. The molecule has 4 heteroatoms. The number of aliphatic carboxylic acids is 1. The Morgan fingerprint density at radius 2 is 2.07 bits per heavy atom. The summed E-state index contributed by atoms with van der Waals surface area (Å²) in [4.78, 5) is 10.4. The van der Waals surface area contributed by atoms with E-state index in [-0.39, 0.29) is 0 Å². The molecular formula is C11H10F2O2. The average molecular weight is 212 g/mol. The smallest absolute Gasteiger partial charge is 0.379 e. The third kappa shape index (κ3) is 1.84. The monoisotopic (exact) mass is 212 g/mol. The number of rotatable bonds is 3. The van der Waals surface area contributed by atoms with Crippen molar-refractivity contribution >= 4 is 5.97 Å². The predicted octanol–water partition coefficient (Wildman–Crippen LogP) is 2.74. The minimum atomic E-state index is -3.79. The molecule has 2 rings (SSSR count). The summed E-state index contributed by atoms with van der Waals surface area (Å²) in [7, 11) is 0. The van der Waals surface area contributed by atoms with Crippen LogP contribution in [0.25, 0.3) is 0 Å². The van der Waals surface area contributed by atoms with E-state index in [1.165, 1.54) is 12.1 Å². The SMILES string of the molecule is O=C(O)C(F)(F)c1cccc(C2CC2)c1. The van der Waals surface area contributed by atoms with Crippen LogP contribution in [-0.2, 0) is 10.7 Å². The van der Waals surface area contributed by atoms with Crippen molar-refractivity contribution in [3.63, 3.8) is 0 Å². The van der Waals surface area contributed by atoms with Crippen molar-refractivity contribution < 1.29 is 18.7 Å². The maximum atomic E-state index is 13.1. The van der Waals surface area contributed by atoms with Gasteiger partial charge < -0.3 is 5.11 Å². The third-order valence-corrected chi connectivity index (χ3v) is 2.57. The first-order chi connectivity index (χ1) is 7.01. The van der Waals surface area contributed by atoms with Gasteiger partial charge in [-0.15, -0.1) is 0 Å². The summed E-state index contributed by atoms with van der Waals surface area (Å²) in [6.07, 6.45) is 2.00. The standard InChI is InChI=1S/C11H10F2O2/c12-11(13,10(14)15)9-3-1-2-8(6-9)7-4-5-7/h1-3,6-7H,4-5H2,(H,14,15). The summed E-state index contributed by atoms with van der Waals surface area (Å²) in [5.74, 6) is -5.55. The van der Waals surface area contributed by atoms with Crippen molar-refractivity contribution in [1.29, 1.82) is 0 Å². The van der Waals surface area contributed by atoms with Gasteiger partial charge in [-0.3, -0.25) is 0 Å². The van der Waals surface area contributed by atoms with E-state index < -0.39 is 17.5 Å². The zero-order valence-corrected chi connectivity index (χ0v) is 7.91. The van der Waals surface area contributed by atoms with Crippen LogP contribution in [0.5, 0.6) is 0 Å². The lowest BCUT2D eigenvalue weighted by atomic mass is 10.0. The minimum Gasteiger partial charge on any atom is -0.477 e. The maximum Gasteiger partial charge on any atom is 0.379 e. The summed E-state index contributed by atoms with van der Waals surface area (Å²) >= 11 is 0. The van der Waals surface area contributed by atoms with Gasteiger partial charge >= 0.3 is 11.9 Å². The van der Waals surface area contributed by atoms with E-state index in [2.05, 4.69) is 0 Å². The Kier molecular flexibility index (Phi) is 2.21. The van der Waals surface area contributed by atoms with Gasteiger partial charge in [-0.25, -0.2) is 4.79 Å². The summed E-state index contributed by atoms with van der Waals surface area (Å²) in [6, 6.07) is 5.70. The predicted molar refractivity (Wildman–Crippen MR) is 49.9 cm³/mol. The van der Waals surface area contributed by atoms with Crippen LogP contribution in [0.1, 0.15) is 29.9 Å². The summed E-state index contributed by atoms with van der Waals surface area (Å²) in [5.41, 5.74) is 0.382. The molecule has 1 aliphatic rings. The molecule has 0 heterocycles. The zero-order valence-electron chi connectivity index (χ0n) is 7.91. The molecule has 0 amide bonds. The van der Waals surface area contributed by atoms with E-state index in [1.807, 2.05) is 0 Å². The van der Waals surface area contributed by atoms with Crippen molar-refractivity contribution in [1.82, 2.24) is 0 Å². The van der Waals surface area contributed by atoms with Crippen LogP contribution in [0.4, 0.5) is 8.78 Å². The van der Waals surface area contributed by atoms with Gasteiger partial charge in [0.05, 0.1) is 0 Å². The van der Waals surface area contributed by atoms with E-state index in [0.717, 1.165) is 24.5 Å². The van der Waals surface area contributed by atoms with Crippen molar-refractivity contribution in [2.75, 3.05) is 0 Å². The number of hydrogen-bond donors (Lipinski definition) is 1. The average Bonchev–Trinajstić information content (AvgIpc) is 3.01.